The largest absolute Gasteiger partial charge is 0.439 e. The molecule has 0 fully saturated rings. The molecular weight excluding hydrogens is 261 g/mol. The Bertz CT molecular complexity index is 603. The van der Waals surface area contributed by atoms with Crippen molar-refractivity contribution in [3.05, 3.63) is 39.3 Å². The number of aromatic amines is 1. The molecule has 4 nitrogen and oxygen atoms in total. The van der Waals surface area contributed by atoms with Crippen molar-refractivity contribution in [2.45, 2.75) is 6.18 Å². The fourth-order valence-corrected chi connectivity index (χ4v) is 1.47. The molecule has 0 spiro atoms. The summed E-state index contributed by atoms with van der Waals surface area (Å²) in [4.78, 5) is 12.8. The number of nitrogens with one attached hydrogen (secondary N) is 1. The van der Waals surface area contributed by atoms with Crippen LogP contribution in [0.3, 0.4) is 0 Å². The van der Waals surface area contributed by atoms with E-state index in [-0.39, 0.29) is 11.4 Å². The second-order valence-corrected chi connectivity index (χ2v) is 3.54. The van der Waals surface area contributed by atoms with Gasteiger partial charge in [0.25, 0.3) is 0 Å². The summed E-state index contributed by atoms with van der Waals surface area (Å²) in [5.41, 5.74) is -0.937. The Morgan fingerprint density at radius 2 is 2.06 bits per heavy atom. The topological polar surface area (TPSA) is 58.9 Å². The molecule has 1 N–H and O–H groups in total. The first kappa shape index (κ1) is 11.7. The summed E-state index contributed by atoms with van der Waals surface area (Å²) in [5, 5.41) is 2.86. The molecular formula is C9H4ClF3N2O2. The Hall–Kier alpha value is -1.76. The lowest BCUT2D eigenvalue weighted by Gasteiger charge is -2.09. The predicted molar refractivity (Wildman–Crippen MR) is 52.6 cm³/mol. The molecule has 0 saturated heterocycles. The molecule has 0 atom stereocenters. The van der Waals surface area contributed by atoms with Crippen molar-refractivity contribution in [2.75, 3.05) is 0 Å². The smallest absolute Gasteiger partial charge is 0.296 e. The first-order valence-corrected chi connectivity index (χ1v) is 4.69. The van der Waals surface area contributed by atoms with E-state index in [0.29, 0.717) is 0 Å². The average Bonchev–Trinajstić information content (AvgIpc) is 2.64. The molecule has 1 aromatic carbocycles. The summed E-state index contributed by atoms with van der Waals surface area (Å²) in [6.07, 6.45) is -4.57. The Morgan fingerprint density at radius 1 is 1.35 bits per heavy atom. The highest BCUT2D eigenvalue weighted by Crippen LogP contribution is 2.36. The first-order valence-electron chi connectivity index (χ1n) is 4.31. The van der Waals surface area contributed by atoms with Crippen LogP contribution in [-0.4, -0.2) is 10.1 Å². The molecule has 0 bridgehead atoms. The highest BCUT2D eigenvalue weighted by Gasteiger charge is 2.33. The van der Waals surface area contributed by atoms with Crippen LogP contribution in [0.25, 0.3) is 11.4 Å². The van der Waals surface area contributed by atoms with Gasteiger partial charge in [0, 0.05) is 5.56 Å². The molecule has 0 aliphatic carbocycles. The van der Waals surface area contributed by atoms with E-state index in [1.807, 2.05) is 0 Å². The van der Waals surface area contributed by atoms with Crippen molar-refractivity contribution >= 4 is 11.6 Å². The fraction of sp³-hybridized carbons (Fsp3) is 0.111. The number of halogens is 4. The van der Waals surface area contributed by atoms with E-state index >= 15 is 0 Å². The summed E-state index contributed by atoms with van der Waals surface area (Å²) in [7, 11) is 0. The van der Waals surface area contributed by atoms with Crippen molar-refractivity contribution in [2.24, 2.45) is 0 Å². The van der Waals surface area contributed by atoms with Gasteiger partial charge >= 0.3 is 11.9 Å². The Kier molecular flexibility index (Phi) is 2.70. The van der Waals surface area contributed by atoms with E-state index in [4.69, 9.17) is 11.6 Å². The van der Waals surface area contributed by atoms with Crippen molar-refractivity contribution in [1.82, 2.24) is 10.1 Å². The molecule has 1 heterocycles. The second kappa shape index (κ2) is 3.92. The third-order valence-electron chi connectivity index (χ3n) is 1.99. The van der Waals surface area contributed by atoms with E-state index < -0.39 is 22.5 Å². The van der Waals surface area contributed by atoms with Crippen LogP contribution < -0.4 is 5.76 Å². The van der Waals surface area contributed by atoms with Crippen molar-refractivity contribution in [3.8, 4) is 11.4 Å². The van der Waals surface area contributed by atoms with E-state index in [2.05, 4.69) is 14.7 Å². The minimum atomic E-state index is -4.57. The number of hydrogen-bond acceptors (Lipinski definition) is 3. The molecule has 0 amide bonds. The van der Waals surface area contributed by atoms with Gasteiger partial charge in [-0.25, -0.2) is 4.79 Å². The molecule has 8 heteroatoms. The zero-order chi connectivity index (χ0) is 12.6. The molecule has 2 aromatic rings. The summed E-state index contributed by atoms with van der Waals surface area (Å²) >= 11 is 5.44. The molecule has 0 radical (unpaired) electrons. The van der Waals surface area contributed by atoms with Gasteiger partial charge in [-0.2, -0.15) is 13.2 Å². The van der Waals surface area contributed by atoms with E-state index in [1.54, 1.807) is 0 Å². The first-order chi connectivity index (χ1) is 7.88. The van der Waals surface area contributed by atoms with Crippen LogP contribution in [0, 0.1) is 0 Å². The molecule has 1 aromatic heterocycles. The third kappa shape index (κ3) is 2.33. The number of hydrogen-bond donors (Lipinski definition) is 1. The van der Waals surface area contributed by atoms with Gasteiger partial charge in [0.1, 0.15) is 0 Å². The lowest BCUT2D eigenvalue weighted by atomic mass is 10.1. The molecule has 2 rings (SSSR count). The standard InChI is InChI=1S/C9H4ClF3N2O2/c10-6-2-1-4(3-5(6)9(11,12)13)7-14-8(16)17-15-7/h1-3H,(H,14,15,16). The number of nitrogens with zero attached hydrogens (tertiary/aromatic N) is 1. The summed E-state index contributed by atoms with van der Waals surface area (Å²) < 4.78 is 41.8. The molecule has 0 aliphatic rings. The molecule has 0 aliphatic heterocycles. The van der Waals surface area contributed by atoms with Gasteiger partial charge in [-0.15, -0.1) is 0 Å². The summed E-state index contributed by atoms with van der Waals surface area (Å²) in [6, 6.07) is 3.16. The molecule has 90 valence electrons. The Balaban J connectivity index is 2.55. The quantitative estimate of drug-likeness (QED) is 0.861. The highest BCUT2D eigenvalue weighted by molar-refractivity contribution is 6.31. The lowest BCUT2D eigenvalue weighted by Crippen LogP contribution is -2.06. The van der Waals surface area contributed by atoms with Crippen molar-refractivity contribution in [3.63, 3.8) is 0 Å². The van der Waals surface area contributed by atoms with Crippen LogP contribution in [-0.2, 0) is 6.18 Å². The van der Waals surface area contributed by atoms with E-state index in [1.165, 1.54) is 6.07 Å². The number of H-pyrrole nitrogens is 1. The maximum Gasteiger partial charge on any atom is 0.439 e. The normalized spacial score (nSPS) is 11.8. The van der Waals surface area contributed by atoms with Crippen LogP contribution in [0.4, 0.5) is 13.2 Å². The van der Waals surface area contributed by atoms with Crippen LogP contribution >= 0.6 is 11.6 Å². The van der Waals surface area contributed by atoms with Crippen LogP contribution in [0.5, 0.6) is 0 Å². The minimum absolute atomic E-state index is 0.0626. The van der Waals surface area contributed by atoms with Crippen molar-refractivity contribution < 1.29 is 17.7 Å². The second-order valence-electron chi connectivity index (χ2n) is 3.14. The maximum absolute atomic E-state index is 12.5. The Morgan fingerprint density at radius 3 is 2.59 bits per heavy atom. The van der Waals surface area contributed by atoms with E-state index in [9.17, 15) is 18.0 Å². The van der Waals surface area contributed by atoms with Gasteiger partial charge in [0.15, 0.2) is 5.82 Å². The van der Waals surface area contributed by atoms with Gasteiger partial charge in [-0.1, -0.05) is 16.8 Å². The molecule has 17 heavy (non-hydrogen) atoms. The summed E-state index contributed by atoms with van der Waals surface area (Å²) in [5.74, 6) is -0.930. The lowest BCUT2D eigenvalue weighted by molar-refractivity contribution is -0.137. The number of alkyl halides is 3. The van der Waals surface area contributed by atoms with Gasteiger partial charge < -0.3 is 0 Å². The zero-order valence-corrected chi connectivity index (χ0v) is 8.76. The van der Waals surface area contributed by atoms with Gasteiger partial charge in [-0.05, 0) is 18.2 Å². The van der Waals surface area contributed by atoms with Gasteiger partial charge in [0.05, 0.1) is 10.6 Å². The maximum atomic E-state index is 12.5. The minimum Gasteiger partial charge on any atom is -0.296 e. The Labute approximate surface area is 97.0 Å². The van der Waals surface area contributed by atoms with Crippen LogP contribution in [0.2, 0.25) is 5.02 Å². The van der Waals surface area contributed by atoms with Gasteiger partial charge in [-0.3, -0.25) is 9.51 Å². The fourth-order valence-electron chi connectivity index (χ4n) is 1.24. The SMILES string of the molecule is O=c1[nH]c(-c2ccc(Cl)c(C(F)(F)F)c2)no1. The van der Waals surface area contributed by atoms with Crippen molar-refractivity contribution in [1.29, 1.82) is 0 Å². The highest BCUT2D eigenvalue weighted by atomic mass is 35.5. The third-order valence-corrected chi connectivity index (χ3v) is 2.32. The predicted octanol–water partition coefficient (Wildman–Crippen LogP) is 2.70. The van der Waals surface area contributed by atoms with Crippen LogP contribution in [0.1, 0.15) is 5.56 Å². The number of benzene rings is 1. The number of aromatic nitrogens is 2. The van der Waals surface area contributed by atoms with E-state index in [0.717, 1.165) is 12.1 Å². The molecule has 0 saturated carbocycles. The monoisotopic (exact) mass is 264 g/mol. The zero-order valence-electron chi connectivity index (χ0n) is 8.01. The molecule has 0 unspecified atom stereocenters. The number of rotatable bonds is 1. The van der Waals surface area contributed by atoms with Crippen LogP contribution in [0.15, 0.2) is 27.5 Å². The summed E-state index contributed by atoms with van der Waals surface area (Å²) in [6.45, 7) is 0. The average molecular weight is 265 g/mol. The van der Waals surface area contributed by atoms with Gasteiger partial charge in [0.2, 0.25) is 0 Å².